The Morgan fingerprint density at radius 1 is 0.339 bits per heavy atom. The van der Waals surface area contributed by atoms with Gasteiger partial charge in [-0.1, -0.05) is 226 Å². The van der Waals surface area contributed by atoms with Crippen LogP contribution in [-0.4, -0.2) is 23.1 Å². The summed E-state index contributed by atoms with van der Waals surface area (Å²) in [5.41, 5.74) is 3.83. The van der Waals surface area contributed by atoms with Crippen LogP contribution in [0.4, 0.5) is 0 Å². The average Bonchev–Trinajstić information content (AvgIpc) is 3.25. The molecule has 4 aromatic carbocycles. The highest BCUT2D eigenvalue weighted by Gasteiger charge is 2.19. The minimum absolute atomic E-state index is 0.0331. The summed E-state index contributed by atoms with van der Waals surface area (Å²) < 4.78 is 0. The number of ketones is 4. The highest BCUT2D eigenvalue weighted by atomic mass is 16.1. The van der Waals surface area contributed by atoms with Gasteiger partial charge in [0.1, 0.15) is 0 Å². The van der Waals surface area contributed by atoms with Crippen molar-refractivity contribution in [2.24, 2.45) is 11.8 Å². The second-order valence-electron chi connectivity index (χ2n) is 15.9. The molecule has 0 N–H and O–H groups in total. The van der Waals surface area contributed by atoms with E-state index < -0.39 is 0 Å². The lowest BCUT2D eigenvalue weighted by Gasteiger charge is -2.22. The van der Waals surface area contributed by atoms with Crippen LogP contribution in [0.2, 0.25) is 0 Å². The lowest BCUT2D eigenvalue weighted by Crippen LogP contribution is -2.11. The van der Waals surface area contributed by atoms with E-state index in [0.717, 1.165) is 38.5 Å². The minimum atomic E-state index is -0.0341. The van der Waals surface area contributed by atoms with Crippen molar-refractivity contribution in [3.8, 4) is 0 Å². The highest BCUT2D eigenvalue weighted by molar-refractivity contribution is 6.10. The molecule has 0 saturated carbocycles. The van der Waals surface area contributed by atoms with E-state index >= 15 is 0 Å². The number of carbonyl (C=O) groups excluding carboxylic acids is 4. The molecule has 0 bridgehead atoms. The van der Waals surface area contributed by atoms with E-state index in [9.17, 15) is 19.2 Å². The molecule has 0 fully saturated rings. The van der Waals surface area contributed by atoms with Crippen molar-refractivity contribution in [3.63, 3.8) is 0 Å². The lowest BCUT2D eigenvalue weighted by atomic mass is 9.83. The van der Waals surface area contributed by atoms with Gasteiger partial charge in [0.15, 0.2) is 23.1 Å². The van der Waals surface area contributed by atoms with Crippen LogP contribution in [-0.2, 0) is 0 Å². The van der Waals surface area contributed by atoms with E-state index in [2.05, 4.69) is 13.8 Å². The monoisotopic (exact) mass is 754 g/mol. The van der Waals surface area contributed by atoms with Crippen molar-refractivity contribution in [3.05, 3.63) is 143 Å². The van der Waals surface area contributed by atoms with Gasteiger partial charge >= 0.3 is 0 Å². The quantitative estimate of drug-likeness (QED) is 0.0409. The third kappa shape index (κ3) is 15.6. The summed E-state index contributed by atoms with van der Waals surface area (Å²) in [7, 11) is 0. The minimum Gasteiger partial charge on any atom is -0.294 e. The van der Waals surface area contributed by atoms with Crippen molar-refractivity contribution in [1.29, 1.82) is 0 Å². The van der Waals surface area contributed by atoms with E-state index in [1.54, 1.807) is 36.4 Å². The normalized spacial score (nSPS) is 12.2. The summed E-state index contributed by atoms with van der Waals surface area (Å²) in [4.78, 5) is 52.6. The van der Waals surface area contributed by atoms with Crippen LogP contribution >= 0.6 is 0 Å². The Morgan fingerprint density at radius 2 is 0.643 bits per heavy atom. The first-order valence-electron chi connectivity index (χ1n) is 21.9. The second kappa shape index (κ2) is 25.7. The molecule has 0 amide bonds. The van der Waals surface area contributed by atoms with Crippen LogP contribution in [0.1, 0.15) is 195 Å². The molecule has 2 unspecified atom stereocenters. The van der Waals surface area contributed by atoms with Crippen LogP contribution in [0.5, 0.6) is 0 Å². The molecule has 298 valence electrons. The molecule has 0 saturated heterocycles. The lowest BCUT2D eigenvalue weighted by molar-refractivity contribution is 0.0958. The van der Waals surface area contributed by atoms with E-state index in [-0.39, 0.29) is 23.1 Å². The maximum absolute atomic E-state index is 13.4. The molecule has 0 aliphatic heterocycles. The Kier molecular flexibility index (Phi) is 20.3. The average molecular weight is 755 g/mol. The highest BCUT2D eigenvalue weighted by Crippen LogP contribution is 2.30. The first-order valence-corrected chi connectivity index (χ1v) is 21.9. The van der Waals surface area contributed by atoms with E-state index in [4.69, 9.17) is 0 Å². The molecular weight excluding hydrogens is 689 g/mol. The van der Waals surface area contributed by atoms with Crippen LogP contribution in [0.3, 0.4) is 0 Å². The molecule has 4 rings (SSSR count). The Morgan fingerprint density at radius 3 is 1.02 bits per heavy atom. The number of hydrogen-bond acceptors (Lipinski definition) is 4. The molecule has 0 spiro atoms. The topological polar surface area (TPSA) is 68.3 Å². The van der Waals surface area contributed by atoms with Gasteiger partial charge in [0.05, 0.1) is 0 Å². The second-order valence-corrected chi connectivity index (χ2v) is 15.9. The SMILES string of the molecule is CCCCCCCCCCC(CCC(=O)c1ccc(C(=O)c2ccccc2)cc1)CCC(CCCCCC)CCC(=O)c1ccc(C(=O)c2ccccc2)cc1. The fourth-order valence-corrected chi connectivity index (χ4v) is 7.85. The smallest absolute Gasteiger partial charge is 0.193 e. The van der Waals surface area contributed by atoms with Gasteiger partial charge in [-0.2, -0.15) is 0 Å². The zero-order valence-corrected chi connectivity index (χ0v) is 34.3. The predicted molar refractivity (Wildman–Crippen MR) is 232 cm³/mol. The standard InChI is InChI=1S/C52H66O4/c1-3-5-7-9-10-11-12-16-22-42(30-40-50(54)44-33-37-48(38-34-44)52(56)46-25-19-14-20-26-46)28-27-41(21-15-8-6-4-2)29-39-49(53)43-31-35-47(36-32-43)51(55)45-23-17-13-18-24-45/h13-14,17-20,23-26,31-38,41-42H,3-12,15-16,21-22,27-30,39-40H2,1-2H3. The molecule has 4 heteroatoms. The zero-order valence-electron chi connectivity index (χ0n) is 34.3. The maximum Gasteiger partial charge on any atom is 0.193 e. The third-order valence-electron chi connectivity index (χ3n) is 11.5. The van der Waals surface area contributed by atoms with Crippen molar-refractivity contribution in [2.45, 2.75) is 142 Å². The summed E-state index contributed by atoms with van der Waals surface area (Å²) in [6.45, 7) is 4.50. The third-order valence-corrected chi connectivity index (χ3v) is 11.5. The van der Waals surface area contributed by atoms with Crippen molar-refractivity contribution >= 4 is 23.1 Å². The Balaban J connectivity index is 1.34. The van der Waals surface area contributed by atoms with Crippen LogP contribution in [0, 0.1) is 11.8 Å². The number of rotatable bonds is 29. The molecule has 0 heterocycles. The van der Waals surface area contributed by atoms with Crippen molar-refractivity contribution in [1.82, 2.24) is 0 Å². The van der Waals surface area contributed by atoms with Gasteiger partial charge in [-0.25, -0.2) is 0 Å². The molecule has 56 heavy (non-hydrogen) atoms. The van der Waals surface area contributed by atoms with Gasteiger partial charge in [-0.3, -0.25) is 19.2 Å². The first kappa shape index (κ1) is 44.3. The summed E-state index contributed by atoms with van der Waals surface area (Å²) in [5, 5.41) is 0. The largest absolute Gasteiger partial charge is 0.294 e. The maximum atomic E-state index is 13.4. The number of unbranched alkanes of at least 4 members (excludes halogenated alkanes) is 10. The molecule has 0 aliphatic rings. The summed E-state index contributed by atoms with van der Waals surface area (Å²) in [5.74, 6) is 1.16. The molecule has 0 aromatic heterocycles. The van der Waals surface area contributed by atoms with Gasteiger partial charge in [0, 0.05) is 46.2 Å². The van der Waals surface area contributed by atoms with Gasteiger partial charge in [-0.15, -0.1) is 0 Å². The summed E-state index contributed by atoms with van der Waals surface area (Å²) in [6, 6.07) is 32.9. The summed E-state index contributed by atoms with van der Waals surface area (Å²) in [6.07, 6.45) is 22.4. The molecule has 0 aliphatic carbocycles. The number of hydrogen-bond donors (Lipinski definition) is 0. The molecule has 2 atom stereocenters. The zero-order chi connectivity index (χ0) is 39.8. The van der Waals surface area contributed by atoms with E-state index in [1.165, 1.54) is 77.0 Å². The first-order chi connectivity index (χ1) is 27.4. The number of Topliss-reactive ketones (excluding diaryl/α,β-unsaturated/α-hetero) is 2. The van der Waals surface area contributed by atoms with Gasteiger partial charge in [0.2, 0.25) is 0 Å². The summed E-state index contributed by atoms with van der Waals surface area (Å²) >= 11 is 0. The predicted octanol–water partition coefficient (Wildman–Crippen LogP) is 14.3. The Bertz CT molecular complexity index is 1720. The Labute approximate surface area is 337 Å². The molecule has 4 nitrogen and oxygen atoms in total. The molecule has 0 radical (unpaired) electrons. The van der Waals surface area contributed by atoms with Gasteiger partial charge in [0.25, 0.3) is 0 Å². The van der Waals surface area contributed by atoms with Crippen LogP contribution in [0.25, 0.3) is 0 Å². The van der Waals surface area contributed by atoms with Crippen molar-refractivity contribution < 1.29 is 19.2 Å². The Hall–Kier alpha value is -4.44. The van der Waals surface area contributed by atoms with Gasteiger partial charge in [-0.05, 0) is 24.7 Å². The van der Waals surface area contributed by atoms with E-state index in [1.807, 2.05) is 72.8 Å². The van der Waals surface area contributed by atoms with Gasteiger partial charge < -0.3 is 0 Å². The fraction of sp³-hybridized carbons (Fsp3) is 0.462. The van der Waals surface area contributed by atoms with Crippen LogP contribution < -0.4 is 0 Å². The van der Waals surface area contributed by atoms with E-state index in [0.29, 0.717) is 58.1 Å². The fourth-order valence-electron chi connectivity index (χ4n) is 7.85. The number of carbonyl (C=O) groups is 4. The molecular formula is C52H66O4. The number of benzene rings is 4. The van der Waals surface area contributed by atoms with Crippen molar-refractivity contribution in [2.75, 3.05) is 0 Å². The molecule has 4 aromatic rings. The van der Waals surface area contributed by atoms with Crippen LogP contribution in [0.15, 0.2) is 109 Å².